The van der Waals surface area contributed by atoms with E-state index in [-0.39, 0.29) is 23.0 Å². The molecule has 1 spiro atoms. The quantitative estimate of drug-likeness (QED) is 0.226. The molecule has 294 valence electrons. The van der Waals surface area contributed by atoms with Crippen LogP contribution in [0.5, 0.6) is 0 Å². The van der Waals surface area contributed by atoms with E-state index in [0.29, 0.717) is 48.3 Å². The third-order valence-corrected chi connectivity index (χ3v) is 15.5. The summed E-state index contributed by atoms with van der Waals surface area (Å²) < 4.78 is 37.1. The molecular formula is C39H60O13. The summed E-state index contributed by atoms with van der Waals surface area (Å²) in [4.78, 5) is 12.0. The lowest BCUT2D eigenvalue weighted by molar-refractivity contribution is -0.366. The third-order valence-electron chi connectivity index (χ3n) is 15.5. The zero-order valence-corrected chi connectivity index (χ0v) is 31.1. The highest BCUT2D eigenvalue weighted by atomic mass is 16.8. The monoisotopic (exact) mass is 736 g/mol. The molecule has 0 unspecified atom stereocenters. The van der Waals surface area contributed by atoms with Crippen LogP contribution in [-0.4, -0.2) is 123 Å². The van der Waals surface area contributed by atoms with Crippen LogP contribution in [0.25, 0.3) is 0 Å². The van der Waals surface area contributed by atoms with Crippen molar-refractivity contribution in [2.75, 3.05) is 6.61 Å². The highest BCUT2D eigenvalue weighted by Gasteiger charge is 2.69. The number of carbonyl (C=O) groups is 1. The molecule has 21 atom stereocenters. The van der Waals surface area contributed by atoms with Gasteiger partial charge >= 0.3 is 5.97 Å². The summed E-state index contributed by atoms with van der Waals surface area (Å²) in [6.45, 7) is 11.9. The van der Waals surface area contributed by atoms with Gasteiger partial charge in [0, 0.05) is 12.3 Å². The van der Waals surface area contributed by atoms with Crippen molar-refractivity contribution in [1.82, 2.24) is 0 Å². The molecule has 0 bridgehead atoms. The van der Waals surface area contributed by atoms with Crippen molar-refractivity contribution >= 4 is 5.97 Å². The average molecular weight is 737 g/mol. The Morgan fingerprint density at radius 1 is 0.846 bits per heavy atom. The molecule has 4 aliphatic carbocycles. The Hall–Kier alpha value is -1.23. The lowest BCUT2D eigenvalue weighted by Crippen LogP contribution is -2.65. The number of carboxylic acid groups (broad SMARTS) is 1. The van der Waals surface area contributed by atoms with Gasteiger partial charge in [-0.05, 0) is 98.7 Å². The van der Waals surface area contributed by atoms with Crippen molar-refractivity contribution in [3.8, 4) is 0 Å². The predicted molar refractivity (Wildman–Crippen MR) is 182 cm³/mol. The van der Waals surface area contributed by atoms with E-state index in [2.05, 4.69) is 33.8 Å². The van der Waals surface area contributed by atoms with Crippen LogP contribution in [-0.2, 0) is 33.2 Å². The van der Waals surface area contributed by atoms with E-state index in [1.807, 2.05) is 0 Å². The topological polar surface area (TPSA) is 194 Å². The second kappa shape index (κ2) is 13.5. The largest absolute Gasteiger partial charge is 0.479 e. The fourth-order valence-corrected chi connectivity index (χ4v) is 12.5. The smallest absolute Gasteiger partial charge is 0.335 e. The molecular weight excluding hydrogens is 676 g/mol. The Balaban J connectivity index is 0.973. The molecule has 0 aromatic heterocycles. The van der Waals surface area contributed by atoms with Crippen LogP contribution >= 0.6 is 0 Å². The molecule has 0 radical (unpaired) electrons. The summed E-state index contributed by atoms with van der Waals surface area (Å²) in [6.07, 6.45) is -4.33. The highest BCUT2D eigenvalue weighted by Crippen LogP contribution is 2.70. The van der Waals surface area contributed by atoms with E-state index >= 15 is 0 Å². The van der Waals surface area contributed by atoms with Gasteiger partial charge in [0.2, 0.25) is 0 Å². The number of aliphatic hydroxyl groups is 5. The fraction of sp³-hybridized carbons (Fsp3) is 0.923. The molecule has 52 heavy (non-hydrogen) atoms. The molecule has 7 fully saturated rings. The van der Waals surface area contributed by atoms with Crippen LogP contribution in [0.2, 0.25) is 0 Å². The summed E-state index contributed by atoms with van der Waals surface area (Å²) in [7, 11) is 0. The van der Waals surface area contributed by atoms with Crippen LogP contribution in [0.4, 0.5) is 0 Å². The summed E-state index contributed by atoms with van der Waals surface area (Å²) >= 11 is 0. The van der Waals surface area contributed by atoms with Gasteiger partial charge < -0.3 is 59.1 Å². The molecule has 4 aliphatic heterocycles. The Bertz CT molecular complexity index is 1380. The average Bonchev–Trinajstić information content (AvgIpc) is 3.56. The maximum absolute atomic E-state index is 12.0. The molecule has 4 heterocycles. The number of allylic oxidation sites excluding steroid dienone is 1. The summed E-state index contributed by atoms with van der Waals surface area (Å²) in [5, 5.41) is 62.6. The number of ether oxygens (including phenoxy) is 6. The number of aliphatic carboxylic acids is 1. The van der Waals surface area contributed by atoms with E-state index in [0.717, 1.165) is 45.1 Å². The van der Waals surface area contributed by atoms with E-state index in [9.17, 15) is 35.4 Å². The molecule has 4 saturated heterocycles. The second-order valence-corrected chi connectivity index (χ2v) is 18.3. The lowest BCUT2D eigenvalue weighted by atomic mass is 9.47. The maximum atomic E-state index is 12.0. The second-order valence-electron chi connectivity index (χ2n) is 18.3. The van der Waals surface area contributed by atoms with Crippen molar-refractivity contribution in [3.05, 3.63) is 11.6 Å². The van der Waals surface area contributed by atoms with Crippen molar-refractivity contribution in [3.63, 3.8) is 0 Å². The molecule has 13 heteroatoms. The normalized spacial score (nSPS) is 57.4. The minimum atomic E-state index is -1.85. The van der Waals surface area contributed by atoms with E-state index in [4.69, 9.17) is 28.4 Å². The summed E-state index contributed by atoms with van der Waals surface area (Å²) in [6, 6.07) is 0. The van der Waals surface area contributed by atoms with Crippen LogP contribution in [0, 0.1) is 46.3 Å². The van der Waals surface area contributed by atoms with E-state index < -0.39 is 73.2 Å². The minimum Gasteiger partial charge on any atom is -0.479 e. The molecule has 0 aromatic rings. The van der Waals surface area contributed by atoms with Gasteiger partial charge in [-0.25, -0.2) is 4.79 Å². The van der Waals surface area contributed by atoms with Crippen LogP contribution in [0.3, 0.4) is 0 Å². The first-order valence-corrected chi connectivity index (χ1v) is 19.8. The van der Waals surface area contributed by atoms with Gasteiger partial charge in [-0.3, -0.25) is 0 Å². The Kier molecular flexibility index (Phi) is 9.76. The third kappa shape index (κ3) is 5.78. The predicted octanol–water partition coefficient (Wildman–Crippen LogP) is 2.48. The number of hydrogen-bond acceptors (Lipinski definition) is 12. The number of fused-ring (bicyclic) bond motifs is 7. The molecule has 8 rings (SSSR count). The first-order chi connectivity index (χ1) is 24.6. The van der Waals surface area contributed by atoms with Gasteiger partial charge in [0.1, 0.15) is 36.6 Å². The van der Waals surface area contributed by atoms with Crippen LogP contribution in [0.1, 0.15) is 92.4 Å². The molecule has 0 aromatic carbocycles. The molecule has 6 N–H and O–H groups in total. The first kappa shape index (κ1) is 37.7. The minimum absolute atomic E-state index is 0.00604. The van der Waals surface area contributed by atoms with Crippen LogP contribution < -0.4 is 0 Å². The molecule has 0 amide bonds. The van der Waals surface area contributed by atoms with Crippen molar-refractivity contribution < 1.29 is 63.9 Å². The summed E-state index contributed by atoms with van der Waals surface area (Å²) in [5.74, 6) is 1.25. The lowest BCUT2D eigenvalue weighted by Gasteiger charge is -2.58. The molecule has 13 nitrogen and oxygen atoms in total. The zero-order chi connectivity index (χ0) is 37.1. The SMILES string of the molecule is C[C@@H]1CC[C@@]2(OC1)O[C@H]1C[C@H]3[C@@H]4CC=C5C[C@@H](O[C@@H]6O[C@H](C(=O)O)[C@@H](O)[C@H](O)[C@H]6O[C@@H]6O[C@@H](C)[C@H](O)[C@@H](O)[C@H]6O)CC[C@]5(C)[C@H]4CC[C@]3(C)[C@@H]1[C@@H]2C. The standard InChI is InChI=1S/C39H60O13/c1-17-8-13-39(47-16-17)18(2)26-25(52-39)15-24-22-7-6-20-14-21(9-11-37(20,4)23(22)10-12-38(24,26)5)49-36-33(30(43)29(42)32(50-36)34(45)46)51-35-31(44)28(41)27(40)19(3)48-35/h6,17-19,21-33,35-36,40-44H,7-16H2,1-5H3,(H,45,46)/t17-,18+,19+,21+,22-,23+,24+,25+,26-,27+,28-,29+,30+,31-,32+,33-,35+,36-,37+,38+,39-/m1/s1. The number of rotatable bonds is 5. The van der Waals surface area contributed by atoms with Crippen molar-refractivity contribution in [2.45, 2.75) is 172 Å². The van der Waals surface area contributed by atoms with Gasteiger partial charge in [-0.2, -0.15) is 0 Å². The first-order valence-electron chi connectivity index (χ1n) is 19.8. The highest BCUT2D eigenvalue weighted by molar-refractivity contribution is 5.73. The van der Waals surface area contributed by atoms with Gasteiger partial charge in [0.15, 0.2) is 24.5 Å². The Labute approximate surface area is 305 Å². The van der Waals surface area contributed by atoms with Gasteiger partial charge in [0.05, 0.1) is 24.9 Å². The van der Waals surface area contributed by atoms with Gasteiger partial charge in [-0.1, -0.05) is 39.3 Å². The number of carboxylic acids is 1. The summed E-state index contributed by atoms with van der Waals surface area (Å²) in [5.41, 5.74) is 1.54. The van der Waals surface area contributed by atoms with Crippen LogP contribution in [0.15, 0.2) is 11.6 Å². The van der Waals surface area contributed by atoms with Crippen molar-refractivity contribution in [1.29, 1.82) is 0 Å². The molecule has 3 saturated carbocycles. The number of aliphatic hydroxyl groups excluding tert-OH is 5. The Morgan fingerprint density at radius 2 is 1.62 bits per heavy atom. The maximum Gasteiger partial charge on any atom is 0.335 e. The fourth-order valence-electron chi connectivity index (χ4n) is 12.5. The number of hydrogen-bond donors (Lipinski definition) is 6. The van der Waals surface area contributed by atoms with Gasteiger partial charge in [0.25, 0.3) is 0 Å². The van der Waals surface area contributed by atoms with Crippen molar-refractivity contribution in [2.24, 2.45) is 46.3 Å². The molecule has 8 aliphatic rings. The van der Waals surface area contributed by atoms with E-state index in [1.54, 1.807) is 0 Å². The Morgan fingerprint density at radius 3 is 2.33 bits per heavy atom. The zero-order valence-electron chi connectivity index (χ0n) is 31.1. The van der Waals surface area contributed by atoms with E-state index in [1.165, 1.54) is 18.9 Å². The van der Waals surface area contributed by atoms with Gasteiger partial charge in [-0.15, -0.1) is 0 Å².